The van der Waals surface area contributed by atoms with Gasteiger partial charge in [-0.05, 0) is 26.0 Å². The van der Waals surface area contributed by atoms with Gasteiger partial charge in [-0.3, -0.25) is 9.89 Å². The Bertz CT molecular complexity index is 1460. The number of nitrogens with one attached hydrogen (secondary N) is 3. The van der Waals surface area contributed by atoms with Crippen LogP contribution in [-0.4, -0.2) is 47.5 Å². The third-order valence-corrected chi connectivity index (χ3v) is 5.56. The van der Waals surface area contributed by atoms with Crippen molar-refractivity contribution in [2.75, 3.05) is 5.32 Å². The summed E-state index contributed by atoms with van der Waals surface area (Å²) in [7, 11) is 0. The molecule has 0 aliphatic heterocycles. The summed E-state index contributed by atoms with van der Waals surface area (Å²) < 4.78 is 5.00. The van der Waals surface area contributed by atoms with Crippen LogP contribution in [0, 0.1) is 13.8 Å². The first-order chi connectivity index (χ1) is 16.4. The lowest BCUT2D eigenvalue weighted by atomic mass is 10.2. The van der Waals surface area contributed by atoms with Gasteiger partial charge < -0.3 is 20.3 Å². The zero-order valence-electron chi connectivity index (χ0n) is 18.0. The Kier molecular flexibility index (Phi) is 6.27. The molecule has 4 aromatic heterocycles. The van der Waals surface area contributed by atoms with Crippen molar-refractivity contribution in [2.24, 2.45) is 0 Å². The first kappa shape index (κ1) is 22.5. The summed E-state index contributed by atoms with van der Waals surface area (Å²) in [5.74, 6) is -1.61. The molecule has 1 amide bonds. The lowest BCUT2D eigenvalue weighted by molar-refractivity contribution is -0.133. The molecular formula is C21H18N8O4S. The van der Waals surface area contributed by atoms with Crippen molar-refractivity contribution in [3.05, 3.63) is 71.0 Å². The maximum atomic E-state index is 12.5. The van der Waals surface area contributed by atoms with Gasteiger partial charge in [-0.1, -0.05) is 35.2 Å². The van der Waals surface area contributed by atoms with E-state index in [-0.39, 0.29) is 11.5 Å². The monoisotopic (exact) mass is 478 g/mol. The van der Waals surface area contributed by atoms with Crippen LogP contribution in [0.5, 0.6) is 0 Å². The van der Waals surface area contributed by atoms with Gasteiger partial charge in [0, 0.05) is 16.5 Å². The number of aliphatic carboxylic acids is 1. The van der Waals surface area contributed by atoms with Crippen LogP contribution >= 0.6 is 11.3 Å². The number of H-pyrrole nitrogens is 1. The van der Waals surface area contributed by atoms with Crippen LogP contribution in [0.2, 0.25) is 0 Å². The van der Waals surface area contributed by atoms with Crippen LogP contribution in [-0.2, 0) is 4.79 Å². The van der Waals surface area contributed by atoms with Gasteiger partial charge in [0.25, 0.3) is 5.91 Å². The van der Waals surface area contributed by atoms with E-state index in [0.29, 0.717) is 32.8 Å². The van der Waals surface area contributed by atoms with Crippen molar-refractivity contribution in [2.45, 2.75) is 13.8 Å². The van der Waals surface area contributed by atoms with Crippen molar-refractivity contribution >= 4 is 50.6 Å². The van der Waals surface area contributed by atoms with Crippen molar-refractivity contribution in [1.29, 1.82) is 0 Å². The predicted octanol–water partition coefficient (Wildman–Crippen LogP) is 3.13. The molecule has 4 aromatic rings. The van der Waals surface area contributed by atoms with Crippen LogP contribution in [0.25, 0.3) is 16.5 Å². The molecule has 0 radical (unpaired) electrons. The number of nitrogens with zero attached hydrogens (tertiary/aromatic N) is 5. The maximum Gasteiger partial charge on any atom is 0.352 e. The second-order valence-corrected chi connectivity index (χ2v) is 7.94. The smallest absolute Gasteiger partial charge is 0.352 e. The normalized spacial score (nSPS) is 12.1. The molecule has 0 fully saturated rings. The number of aryl methyl sites for hydroxylation is 1. The molecular weight excluding hydrogens is 460 g/mol. The van der Waals surface area contributed by atoms with Crippen LogP contribution in [0.3, 0.4) is 0 Å². The Morgan fingerprint density at radius 1 is 1.26 bits per heavy atom. The number of hydrogen-bond acceptors (Lipinski definition) is 10. The Hall–Kier alpha value is -4.65. The molecule has 0 bridgehead atoms. The lowest BCUT2D eigenvalue weighted by Crippen LogP contribution is -2.27. The number of carbonyl (C=O) groups is 2. The maximum absolute atomic E-state index is 12.5. The number of carboxylic acid groups (broad SMARTS) is 1. The molecule has 0 aromatic carbocycles. The molecule has 0 spiro atoms. The number of fused-ring (bicyclic) bond motifs is 1. The summed E-state index contributed by atoms with van der Waals surface area (Å²) in [5, 5.41) is 35.4. The number of aromatic amines is 1. The number of carboxylic acids is 1. The zero-order chi connectivity index (χ0) is 24.2. The number of rotatable bonds is 8. The third kappa shape index (κ3) is 4.73. The number of hydrogen-bond donors (Lipinski definition) is 4. The quantitative estimate of drug-likeness (QED) is 0.218. The highest BCUT2D eigenvalue weighted by Crippen LogP contribution is 2.27. The van der Waals surface area contributed by atoms with E-state index in [9.17, 15) is 14.7 Å². The second-order valence-electron chi connectivity index (χ2n) is 6.96. The molecule has 4 rings (SSSR count). The van der Waals surface area contributed by atoms with Crippen LogP contribution in [0.4, 0.5) is 10.9 Å². The number of amides is 1. The zero-order valence-corrected chi connectivity index (χ0v) is 18.8. The SMILES string of the molecule is C=C/C=C(\C=C(\NC(=O)c1onc(C)c1C)C(=O)O)c1nnc(Nc2cc3cn[nH]c3cn2)s1. The number of aromatic nitrogens is 6. The Morgan fingerprint density at radius 2 is 2.09 bits per heavy atom. The van der Waals surface area contributed by atoms with Gasteiger partial charge in [-0.25, -0.2) is 9.78 Å². The minimum absolute atomic E-state index is 0.0663. The molecule has 12 nitrogen and oxygen atoms in total. The first-order valence-corrected chi connectivity index (χ1v) is 10.6. The largest absolute Gasteiger partial charge is 0.477 e. The average molecular weight is 478 g/mol. The summed E-state index contributed by atoms with van der Waals surface area (Å²) >= 11 is 1.17. The average Bonchev–Trinajstić information content (AvgIpc) is 3.53. The summed E-state index contributed by atoms with van der Waals surface area (Å²) in [6, 6.07) is 1.80. The number of anilines is 2. The third-order valence-electron chi connectivity index (χ3n) is 4.67. The minimum atomic E-state index is -1.35. The molecule has 34 heavy (non-hydrogen) atoms. The molecule has 0 atom stereocenters. The van der Waals surface area contributed by atoms with Crippen molar-refractivity contribution in [1.82, 2.24) is 35.9 Å². The number of carbonyl (C=O) groups excluding carboxylic acids is 1. The van der Waals surface area contributed by atoms with E-state index in [2.05, 4.69) is 47.7 Å². The van der Waals surface area contributed by atoms with Gasteiger partial charge in [-0.15, -0.1) is 10.2 Å². The lowest BCUT2D eigenvalue weighted by Gasteiger charge is -2.05. The highest BCUT2D eigenvalue weighted by atomic mass is 32.1. The van der Waals surface area contributed by atoms with Crippen LogP contribution < -0.4 is 10.6 Å². The molecule has 13 heteroatoms. The molecule has 4 heterocycles. The van der Waals surface area contributed by atoms with Gasteiger partial charge in [0.15, 0.2) is 0 Å². The van der Waals surface area contributed by atoms with Crippen LogP contribution in [0.1, 0.15) is 26.8 Å². The summed E-state index contributed by atoms with van der Waals surface area (Å²) in [6.45, 7) is 6.99. The van der Waals surface area contributed by atoms with E-state index in [1.807, 2.05) is 0 Å². The van der Waals surface area contributed by atoms with Crippen LogP contribution in [0.15, 0.2) is 53.5 Å². The minimum Gasteiger partial charge on any atom is -0.477 e. The molecule has 0 saturated heterocycles. The molecule has 172 valence electrons. The van der Waals surface area contributed by atoms with Gasteiger partial charge in [0.1, 0.15) is 16.5 Å². The number of allylic oxidation sites excluding steroid dienone is 4. The fourth-order valence-electron chi connectivity index (χ4n) is 2.83. The molecule has 4 N–H and O–H groups in total. The Labute approximate surface area is 196 Å². The molecule has 0 unspecified atom stereocenters. The van der Waals surface area contributed by atoms with E-state index in [0.717, 1.165) is 10.9 Å². The van der Waals surface area contributed by atoms with E-state index in [1.165, 1.54) is 23.5 Å². The number of pyridine rings is 1. The van der Waals surface area contributed by atoms with E-state index < -0.39 is 11.9 Å². The summed E-state index contributed by atoms with van der Waals surface area (Å²) in [6.07, 6.45) is 7.60. The molecule has 0 aliphatic carbocycles. The first-order valence-electron chi connectivity index (χ1n) is 9.77. The highest BCUT2D eigenvalue weighted by molar-refractivity contribution is 7.16. The van der Waals surface area contributed by atoms with Crippen molar-refractivity contribution < 1.29 is 19.2 Å². The molecule has 0 saturated carbocycles. The van der Waals surface area contributed by atoms with E-state index in [1.54, 1.807) is 38.4 Å². The van der Waals surface area contributed by atoms with E-state index >= 15 is 0 Å². The highest BCUT2D eigenvalue weighted by Gasteiger charge is 2.21. The van der Waals surface area contributed by atoms with E-state index in [4.69, 9.17) is 4.52 Å². The summed E-state index contributed by atoms with van der Waals surface area (Å²) in [4.78, 5) is 28.6. The molecule has 0 aliphatic rings. The summed E-state index contributed by atoms with van der Waals surface area (Å²) in [5.41, 5.74) is 1.84. The fraction of sp³-hybridized carbons (Fsp3) is 0.0952. The van der Waals surface area contributed by atoms with Gasteiger partial charge >= 0.3 is 5.97 Å². The Balaban J connectivity index is 1.57. The van der Waals surface area contributed by atoms with Crippen molar-refractivity contribution in [3.8, 4) is 0 Å². The predicted molar refractivity (Wildman–Crippen MR) is 124 cm³/mol. The fourth-order valence-corrected chi connectivity index (χ4v) is 3.58. The second kappa shape index (κ2) is 9.46. The van der Waals surface area contributed by atoms with Gasteiger partial charge in [0.2, 0.25) is 10.9 Å². The van der Waals surface area contributed by atoms with Gasteiger partial charge in [0.05, 0.1) is 23.6 Å². The standard InChI is InChI=1S/C21H18N8O4S/c1-4-5-12(6-14(20(31)32)24-18(30)17-10(2)11(3)29-33-17)19-27-28-21(34-19)25-16-7-13-8-23-26-15(13)9-22-16/h4-9H,1H2,2-3H3,(H,23,26)(H,24,30)(H,31,32)(H,22,25,28)/b12-5+,14-6+. The topological polar surface area (TPSA) is 172 Å². The van der Waals surface area contributed by atoms with Crippen molar-refractivity contribution in [3.63, 3.8) is 0 Å². The van der Waals surface area contributed by atoms with Gasteiger partial charge in [-0.2, -0.15) is 5.10 Å². The Morgan fingerprint density at radius 3 is 2.79 bits per heavy atom.